The zero-order valence-electron chi connectivity index (χ0n) is 11.5. The van der Waals surface area contributed by atoms with Crippen LogP contribution in [0.5, 0.6) is 5.75 Å². The van der Waals surface area contributed by atoms with Crippen LogP contribution in [0.2, 0.25) is 0 Å². The number of amides is 1. The van der Waals surface area contributed by atoms with Gasteiger partial charge < -0.3 is 4.74 Å². The molecule has 1 aliphatic rings. The minimum atomic E-state index is -0.507. The molecule has 1 aromatic heterocycles. The molecule has 0 spiro atoms. The zero-order valence-corrected chi connectivity index (χ0v) is 11.5. The van der Waals surface area contributed by atoms with Crippen LogP contribution in [0.15, 0.2) is 42.7 Å². The number of hydrogen-bond acceptors (Lipinski definition) is 5. The molecule has 3 rings (SSSR count). The molecule has 1 aromatic carbocycles. The maximum Gasteiger partial charge on any atom is 0.427 e. The number of nitrogens with zero attached hydrogens (tertiary/aromatic N) is 3. The number of nitrogens with one attached hydrogen (secondary N) is 1. The molecule has 108 valence electrons. The fourth-order valence-electron chi connectivity index (χ4n) is 2.19. The Bertz CT molecular complexity index is 595. The third kappa shape index (κ3) is 3.55. The molecule has 2 heterocycles. The number of benzene rings is 1. The Morgan fingerprint density at radius 2 is 1.76 bits per heavy atom. The summed E-state index contributed by atoms with van der Waals surface area (Å²) in [6.07, 6.45) is 4.68. The number of rotatable bonds is 3. The van der Waals surface area contributed by atoms with E-state index < -0.39 is 6.09 Å². The van der Waals surface area contributed by atoms with Crippen molar-refractivity contribution in [2.45, 2.75) is 12.8 Å². The van der Waals surface area contributed by atoms with Crippen molar-refractivity contribution in [3.63, 3.8) is 0 Å². The maximum absolute atomic E-state index is 11.7. The molecule has 0 saturated carbocycles. The molecule has 0 unspecified atom stereocenters. The molecule has 1 aliphatic heterocycles. The first-order valence-corrected chi connectivity index (χ1v) is 6.92. The van der Waals surface area contributed by atoms with Crippen molar-refractivity contribution in [1.29, 1.82) is 0 Å². The minimum Gasteiger partial charge on any atom is -0.406 e. The second kappa shape index (κ2) is 6.32. The molecule has 0 atom stereocenters. The molecule has 1 fully saturated rings. The number of carbonyl (C=O) groups excluding carboxylic acids is 1. The average molecular weight is 284 g/mol. The first-order chi connectivity index (χ1) is 10.3. The molecule has 1 saturated heterocycles. The summed E-state index contributed by atoms with van der Waals surface area (Å²) in [5.74, 6) is 0.925. The Balaban J connectivity index is 1.60. The van der Waals surface area contributed by atoms with Crippen molar-refractivity contribution in [3.8, 4) is 17.1 Å². The normalized spacial score (nSPS) is 14.9. The smallest absolute Gasteiger partial charge is 0.406 e. The Morgan fingerprint density at radius 1 is 1.10 bits per heavy atom. The summed E-state index contributed by atoms with van der Waals surface area (Å²) in [5, 5.41) is 1.85. The van der Waals surface area contributed by atoms with Crippen molar-refractivity contribution >= 4 is 6.09 Å². The largest absolute Gasteiger partial charge is 0.427 e. The first-order valence-electron chi connectivity index (χ1n) is 6.92. The van der Waals surface area contributed by atoms with Crippen LogP contribution < -0.4 is 10.2 Å². The highest BCUT2D eigenvalue weighted by Crippen LogP contribution is 2.16. The van der Waals surface area contributed by atoms with Crippen LogP contribution in [-0.2, 0) is 0 Å². The van der Waals surface area contributed by atoms with Crippen LogP contribution in [0, 0.1) is 0 Å². The molecule has 21 heavy (non-hydrogen) atoms. The van der Waals surface area contributed by atoms with E-state index in [2.05, 4.69) is 15.4 Å². The standard InChI is InChI=1S/C15H16N4O2/c20-15(18-19-8-4-5-9-19)21-13-10-16-14(17-11-13)12-6-2-1-3-7-12/h1-3,6-7,10-11H,4-5,8-9H2,(H,18,20). The number of carbonyl (C=O) groups is 1. The van der Waals surface area contributed by atoms with E-state index in [1.165, 1.54) is 12.4 Å². The van der Waals surface area contributed by atoms with E-state index in [1.54, 1.807) is 0 Å². The molecule has 6 nitrogen and oxygen atoms in total. The molecular weight excluding hydrogens is 268 g/mol. The van der Waals surface area contributed by atoms with Gasteiger partial charge in [-0.3, -0.25) is 5.43 Å². The van der Waals surface area contributed by atoms with Gasteiger partial charge in [-0.1, -0.05) is 30.3 Å². The van der Waals surface area contributed by atoms with Crippen molar-refractivity contribution in [3.05, 3.63) is 42.7 Å². The fraction of sp³-hybridized carbons (Fsp3) is 0.267. The van der Waals surface area contributed by atoms with Gasteiger partial charge in [-0.2, -0.15) is 0 Å². The summed E-state index contributed by atoms with van der Waals surface area (Å²) in [4.78, 5) is 20.1. The lowest BCUT2D eigenvalue weighted by Crippen LogP contribution is -2.41. The molecule has 0 bridgehead atoms. The highest BCUT2D eigenvalue weighted by atomic mass is 16.6. The molecule has 6 heteroatoms. The monoisotopic (exact) mass is 284 g/mol. The van der Waals surface area contributed by atoms with Gasteiger partial charge in [0.1, 0.15) is 0 Å². The Labute approximate surface area is 122 Å². The summed E-state index contributed by atoms with van der Waals surface area (Å²) < 4.78 is 5.15. The van der Waals surface area contributed by atoms with Gasteiger partial charge >= 0.3 is 6.09 Å². The van der Waals surface area contributed by atoms with Crippen molar-refractivity contribution < 1.29 is 9.53 Å². The van der Waals surface area contributed by atoms with Crippen LogP contribution >= 0.6 is 0 Å². The van der Waals surface area contributed by atoms with Crippen LogP contribution in [0.25, 0.3) is 11.4 Å². The maximum atomic E-state index is 11.7. The SMILES string of the molecule is O=C(NN1CCCC1)Oc1cnc(-c2ccccc2)nc1. The van der Waals surface area contributed by atoms with Crippen LogP contribution in [0.3, 0.4) is 0 Å². The lowest BCUT2D eigenvalue weighted by Gasteiger charge is -2.15. The number of aromatic nitrogens is 2. The van der Waals surface area contributed by atoms with Gasteiger partial charge in [0.05, 0.1) is 12.4 Å². The lowest BCUT2D eigenvalue weighted by atomic mass is 10.2. The van der Waals surface area contributed by atoms with E-state index >= 15 is 0 Å². The van der Waals surface area contributed by atoms with E-state index in [4.69, 9.17) is 4.74 Å². The summed E-state index contributed by atoms with van der Waals surface area (Å²) in [7, 11) is 0. The summed E-state index contributed by atoms with van der Waals surface area (Å²) in [5.41, 5.74) is 3.61. The number of hydrazine groups is 1. The summed E-state index contributed by atoms with van der Waals surface area (Å²) in [6, 6.07) is 9.63. The lowest BCUT2D eigenvalue weighted by molar-refractivity contribution is 0.159. The number of ether oxygens (including phenoxy) is 1. The topological polar surface area (TPSA) is 67.4 Å². The zero-order chi connectivity index (χ0) is 14.5. The molecule has 0 aliphatic carbocycles. The van der Waals surface area contributed by atoms with E-state index in [1.807, 2.05) is 35.3 Å². The van der Waals surface area contributed by atoms with E-state index in [-0.39, 0.29) is 0 Å². The van der Waals surface area contributed by atoms with E-state index in [0.717, 1.165) is 31.5 Å². The van der Waals surface area contributed by atoms with Crippen LogP contribution in [0.4, 0.5) is 4.79 Å². The Kier molecular flexibility index (Phi) is 4.07. The van der Waals surface area contributed by atoms with Gasteiger partial charge in [-0.05, 0) is 12.8 Å². The quantitative estimate of drug-likeness (QED) is 0.936. The van der Waals surface area contributed by atoms with Crippen LogP contribution in [0.1, 0.15) is 12.8 Å². The van der Waals surface area contributed by atoms with Gasteiger partial charge in [0.25, 0.3) is 0 Å². The predicted octanol–water partition coefficient (Wildman–Crippen LogP) is 2.24. The Morgan fingerprint density at radius 3 is 2.43 bits per heavy atom. The first kappa shape index (κ1) is 13.5. The van der Waals surface area contributed by atoms with Gasteiger partial charge in [0, 0.05) is 18.7 Å². The molecule has 2 aromatic rings. The predicted molar refractivity (Wildman–Crippen MR) is 77.4 cm³/mol. The second-order valence-electron chi connectivity index (χ2n) is 4.80. The molecular formula is C15H16N4O2. The third-order valence-corrected chi connectivity index (χ3v) is 3.23. The van der Waals surface area contributed by atoms with E-state index in [0.29, 0.717) is 11.6 Å². The summed E-state index contributed by atoms with van der Waals surface area (Å²) in [6.45, 7) is 1.72. The van der Waals surface area contributed by atoms with Crippen molar-refractivity contribution in [2.75, 3.05) is 13.1 Å². The van der Waals surface area contributed by atoms with Gasteiger partial charge in [0.15, 0.2) is 11.6 Å². The Hall–Kier alpha value is -2.47. The highest BCUT2D eigenvalue weighted by Gasteiger charge is 2.15. The summed E-state index contributed by atoms with van der Waals surface area (Å²) >= 11 is 0. The van der Waals surface area contributed by atoms with E-state index in [9.17, 15) is 4.79 Å². The third-order valence-electron chi connectivity index (χ3n) is 3.23. The van der Waals surface area contributed by atoms with Gasteiger partial charge in [-0.15, -0.1) is 0 Å². The molecule has 0 radical (unpaired) electrons. The molecule has 1 amide bonds. The van der Waals surface area contributed by atoms with Gasteiger partial charge in [-0.25, -0.2) is 19.8 Å². The molecule has 1 N–H and O–H groups in total. The van der Waals surface area contributed by atoms with Crippen molar-refractivity contribution in [1.82, 2.24) is 20.4 Å². The number of hydrogen-bond donors (Lipinski definition) is 1. The van der Waals surface area contributed by atoms with Crippen molar-refractivity contribution in [2.24, 2.45) is 0 Å². The average Bonchev–Trinajstić information content (AvgIpc) is 3.02. The highest BCUT2D eigenvalue weighted by molar-refractivity contribution is 5.69. The van der Waals surface area contributed by atoms with Gasteiger partial charge in [0.2, 0.25) is 0 Å². The minimum absolute atomic E-state index is 0.325. The van der Waals surface area contributed by atoms with Crippen LogP contribution in [-0.4, -0.2) is 34.2 Å². The second-order valence-corrected chi connectivity index (χ2v) is 4.80. The fourth-order valence-corrected chi connectivity index (χ4v) is 2.19.